The molecule has 0 spiro atoms. The van der Waals surface area contributed by atoms with E-state index in [1.165, 1.54) is 120 Å². The molecule has 7 aromatic carbocycles. The zero-order chi connectivity index (χ0) is 68.4. The Morgan fingerprint density at radius 3 is 0.979 bits per heavy atom. The van der Waals surface area contributed by atoms with Crippen molar-refractivity contribution in [3.63, 3.8) is 0 Å². The Kier molecular flexibility index (Phi) is 24.4. The summed E-state index contributed by atoms with van der Waals surface area (Å²) in [6.45, 7) is -0.327. The van der Waals surface area contributed by atoms with E-state index in [9.17, 15) is 48.3 Å². The third-order valence-electron chi connectivity index (χ3n) is 15.2. The summed E-state index contributed by atoms with van der Waals surface area (Å²) in [4.78, 5) is 125. The molecule has 15 atom stereocenters. The molecule has 0 radical (unpaired) electrons. The highest BCUT2D eigenvalue weighted by molar-refractivity contribution is 14.1. The van der Waals surface area contributed by atoms with Gasteiger partial charge in [0, 0.05) is 13.8 Å². The Hall–Kier alpha value is -9.78. The van der Waals surface area contributed by atoms with Crippen LogP contribution in [0.5, 0.6) is 0 Å². The Bertz CT molecular complexity index is 3800. The number of halogens is 1. The van der Waals surface area contributed by atoms with Gasteiger partial charge in [-0.25, -0.2) is 33.6 Å². The molecular weight excluding hydrogens is 1380 g/mol. The van der Waals surface area contributed by atoms with E-state index in [0.717, 1.165) is 13.8 Å². The van der Waals surface area contributed by atoms with Crippen LogP contribution in [0.15, 0.2) is 212 Å². The lowest BCUT2D eigenvalue weighted by molar-refractivity contribution is -0.356. The van der Waals surface area contributed by atoms with Crippen LogP contribution >= 0.6 is 23.0 Å². The summed E-state index contributed by atoms with van der Waals surface area (Å²) in [5.41, 5.74) is 0.197. The molecule has 25 nitrogen and oxygen atoms in total. The molecule has 10 rings (SSSR count). The highest BCUT2D eigenvalue weighted by atomic mass is 127. The Labute approximate surface area is 568 Å². The number of hydrogen-bond acceptors (Lipinski definition) is 25. The van der Waals surface area contributed by atoms with E-state index in [1.807, 2.05) is 0 Å². The van der Waals surface area contributed by atoms with Crippen LogP contribution in [0.1, 0.15) is 86.4 Å². The van der Waals surface area contributed by atoms with Crippen molar-refractivity contribution in [1.29, 1.82) is 0 Å². The van der Waals surface area contributed by atoms with Crippen LogP contribution in [-0.4, -0.2) is 171 Å². The molecule has 1 N–H and O–H groups in total. The first-order valence-electron chi connectivity index (χ1n) is 30.3. The van der Waals surface area contributed by atoms with Crippen molar-refractivity contribution in [2.45, 2.75) is 106 Å². The number of hydrogen-bond donors (Lipinski definition) is 1. The highest BCUT2D eigenvalue weighted by Gasteiger charge is 2.59. The van der Waals surface area contributed by atoms with Gasteiger partial charge in [0.25, 0.3) is 0 Å². The Balaban J connectivity index is 1.04. The van der Waals surface area contributed by atoms with Gasteiger partial charge in [-0.2, -0.15) is 0 Å². The van der Waals surface area contributed by atoms with Crippen molar-refractivity contribution in [2.75, 3.05) is 19.8 Å². The van der Waals surface area contributed by atoms with Crippen LogP contribution in [-0.2, 0) is 79.0 Å². The van der Waals surface area contributed by atoms with Crippen LogP contribution in [0.2, 0.25) is 0 Å². The van der Waals surface area contributed by atoms with Crippen molar-refractivity contribution >= 4 is 76.7 Å². The molecule has 0 aliphatic carbocycles. The minimum atomic E-state index is -2.12. The van der Waals surface area contributed by atoms with Crippen molar-refractivity contribution in [3.8, 4) is 0 Å². The number of aliphatic hydroxyl groups excluding tert-OH is 1. The lowest BCUT2D eigenvalue weighted by Crippen LogP contribution is -2.67. The van der Waals surface area contributed by atoms with E-state index < -0.39 is 166 Å². The monoisotopic (exact) mass is 1440 g/mol. The largest absolute Gasteiger partial charge is 0.459 e. The third-order valence-corrected chi connectivity index (χ3v) is 15.7. The Morgan fingerprint density at radius 1 is 0.320 bits per heavy atom. The normalized spacial score (nSPS) is 25.1. The molecule has 3 aliphatic rings. The maximum absolute atomic E-state index is 14.5. The summed E-state index contributed by atoms with van der Waals surface area (Å²) < 4.78 is 92.6. The molecule has 0 bridgehead atoms. The smallest absolute Gasteiger partial charge is 0.338 e. The predicted molar refractivity (Wildman–Crippen MR) is 341 cm³/mol. The second-order valence-electron chi connectivity index (χ2n) is 21.9. The van der Waals surface area contributed by atoms with E-state index in [1.54, 1.807) is 115 Å². The molecule has 504 valence electrons. The fraction of sp³-hybridized carbons (Fsp3) is 0.282. The molecule has 97 heavy (non-hydrogen) atoms. The molecule has 7 aromatic rings. The highest BCUT2D eigenvalue weighted by Crippen LogP contribution is 2.38. The average Bonchev–Trinajstić information content (AvgIpc) is 0.777. The standard InChI is InChI=1S/C71H63IO25/c1-41(73)86-55-52(40-85-69-60(95-68(82)49-36-22-9-23-37-49)58(94-67(81)48-34-20-8-21-35-48)56(92-65(79)46-30-16-6-17-31-46)51(88-69)39-84-63(77)44-26-12-4-13-27-44)90-71(97-72)61(87-42(2)74)59(55)96-70-57(93-66(80)47-32-18-7-19-33-47)53(75)54(91-64(78)45-28-14-5-15-29-45)50(89-70)38-83-62(76)43-24-10-3-11-25-43/h3-37,50-61,69-71,75H,38-40H2,1-2H3. The molecule has 0 amide bonds. The minimum absolute atomic E-state index is 0.00685. The first-order valence-corrected chi connectivity index (χ1v) is 31.2. The maximum atomic E-state index is 14.5. The van der Waals surface area contributed by atoms with Gasteiger partial charge in [0.05, 0.1) is 45.6 Å². The summed E-state index contributed by atoms with van der Waals surface area (Å²) in [7, 11) is 0. The molecule has 3 fully saturated rings. The number of ether oxygens (including phenoxy) is 14. The van der Waals surface area contributed by atoms with Crippen LogP contribution < -0.4 is 0 Å². The van der Waals surface area contributed by atoms with E-state index >= 15 is 0 Å². The van der Waals surface area contributed by atoms with Gasteiger partial charge in [-0.1, -0.05) is 127 Å². The van der Waals surface area contributed by atoms with Crippen molar-refractivity contribution in [1.82, 2.24) is 0 Å². The molecule has 26 heteroatoms. The van der Waals surface area contributed by atoms with E-state index in [-0.39, 0.29) is 38.9 Å². The lowest BCUT2D eigenvalue weighted by Gasteiger charge is -2.48. The predicted octanol–water partition coefficient (Wildman–Crippen LogP) is 8.00. The molecule has 3 saturated heterocycles. The zero-order valence-corrected chi connectivity index (χ0v) is 53.8. The fourth-order valence-electron chi connectivity index (χ4n) is 10.7. The summed E-state index contributed by atoms with van der Waals surface area (Å²) in [6.07, 6.45) is -28.0. The molecule has 3 aliphatic heterocycles. The van der Waals surface area contributed by atoms with Gasteiger partial charge in [-0.05, 0) is 84.9 Å². The molecular formula is C71H63IO25. The van der Waals surface area contributed by atoms with Crippen molar-refractivity contribution in [2.24, 2.45) is 0 Å². The number of benzene rings is 7. The zero-order valence-electron chi connectivity index (χ0n) is 51.6. The summed E-state index contributed by atoms with van der Waals surface area (Å²) >= 11 is 1.44. The topological polar surface area (TPSA) is 312 Å². The number of rotatable bonds is 24. The second kappa shape index (κ2) is 33.7. The quantitative estimate of drug-likeness (QED) is 0.0340. The first kappa shape index (κ1) is 70.0. The van der Waals surface area contributed by atoms with Crippen LogP contribution in [0.25, 0.3) is 0 Å². The first-order chi connectivity index (χ1) is 47.0. The van der Waals surface area contributed by atoms with E-state index in [0.29, 0.717) is 0 Å². The third kappa shape index (κ3) is 18.2. The average molecular weight is 1440 g/mol. The maximum Gasteiger partial charge on any atom is 0.338 e. The molecule has 3 heterocycles. The number of carbonyl (C=O) groups excluding carboxylic acids is 9. The van der Waals surface area contributed by atoms with Crippen molar-refractivity contribution in [3.05, 3.63) is 251 Å². The minimum Gasteiger partial charge on any atom is -0.459 e. The summed E-state index contributed by atoms with van der Waals surface area (Å²) in [5.74, 6) is -8.79. The van der Waals surface area contributed by atoms with Gasteiger partial charge in [0.1, 0.15) is 66.7 Å². The summed E-state index contributed by atoms with van der Waals surface area (Å²) in [5, 5.41) is 12.6. The van der Waals surface area contributed by atoms with E-state index in [2.05, 4.69) is 0 Å². The SMILES string of the molecule is CC(=O)OC1C(COC2OC(COC(=O)c3ccccc3)C(OC(=O)c3ccccc3)C(OC(=O)c3ccccc3)C2OC(=O)c2ccccc2)OC(OI)C(OC(C)=O)C1OC1OC(COC(=O)c2ccccc2)C(OC(=O)c2ccccc2)C(O)C1OC(=O)c1ccccc1. The van der Waals surface area contributed by atoms with Crippen molar-refractivity contribution < 1.29 is 118 Å². The van der Waals surface area contributed by atoms with Crippen LogP contribution in [0, 0.1) is 0 Å². The number of aliphatic hydroxyl groups is 1. The van der Waals surface area contributed by atoms with Gasteiger partial charge >= 0.3 is 53.7 Å². The fourth-order valence-corrected chi connectivity index (χ4v) is 11.1. The number of carbonyl (C=O) groups is 9. The van der Waals surface area contributed by atoms with Gasteiger partial charge in [-0.3, -0.25) is 12.7 Å². The van der Waals surface area contributed by atoms with Crippen LogP contribution in [0.4, 0.5) is 0 Å². The molecule has 15 unspecified atom stereocenters. The van der Waals surface area contributed by atoms with Gasteiger partial charge in [0.15, 0.2) is 55.3 Å². The van der Waals surface area contributed by atoms with Gasteiger partial charge in [0.2, 0.25) is 6.29 Å². The summed E-state index contributed by atoms with van der Waals surface area (Å²) in [6, 6.07) is 53.6. The molecule has 0 saturated carbocycles. The second-order valence-corrected chi connectivity index (χ2v) is 22.4. The van der Waals surface area contributed by atoms with Gasteiger partial charge in [-0.15, -0.1) is 0 Å². The number of esters is 9. The Morgan fingerprint density at radius 2 is 0.598 bits per heavy atom. The van der Waals surface area contributed by atoms with E-state index in [4.69, 9.17) is 69.4 Å². The molecule has 0 aromatic heterocycles. The van der Waals surface area contributed by atoms with Crippen LogP contribution in [0.3, 0.4) is 0 Å². The lowest BCUT2D eigenvalue weighted by atomic mass is 9.95. The van der Waals surface area contributed by atoms with Gasteiger partial charge < -0.3 is 71.4 Å².